The third kappa shape index (κ3) is 5.40. The molecule has 1 fully saturated rings. The SMILES string of the molecule is CC(C)(C)OC(=O)CC1(O)CCN(c2ccc([N+](=O)[O-])cc2Br)CC1. The van der Waals surface area contributed by atoms with Crippen LogP contribution in [-0.4, -0.2) is 40.3 Å². The van der Waals surface area contributed by atoms with Gasteiger partial charge >= 0.3 is 5.97 Å². The van der Waals surface area contributed by atoms with Gasteiger partial charge in [-0.15, -0.1) is 0 Å². The van der Waals surface area contributed by atoms with Crippen molar-refractivity contribution in [2.24, 2.45) is 0 Å². The number of piperidine rings is 1. The summed E-state index contributed by atoms with van der Waals surface area (Å²) >= 11 is 3.37. The minimum Gasteiger partial charge on any atom is -0.460 e. The smallest absolute Gasteiger partial charge is 0.309 e. The minimum atomic E-state index is -1.08. The van der Waals surface area contributed by atoms with Crippen LogP contribution in [0.25, 0.3) is 0 Å². The topological polar surface area (TPSA) is 92.9 Å². The monoisotopic (exact) mass is 414 g/mol. The first-order chi connectivity index (χ1) is 11.5. The van der Waals surface area contributed by atoms with E-state index in [1.165, 1.54) is 12.1 Å². The number of rotatable bonds is 4. The number of benzene rings is 1. The van der Waals surface area contributed by atoms with Gasteiger partial charge < -0.3 is 14.7 Å². The van der Waals surface area contributed by atoms with Gasteiger partial charge in [0, 0.05) is 29.7 Å². The fourth-order valence-electron chi connectivity index (χ4n) is 2.85. The lowest BCUT2D eigenvalue weighted by atomic mass is 9.88. The summed E-state index contributed by atoms with van der Waals surface area (Å²) in [4.78, 5) is 24.4. The van der Waals surface area contributed by atoms with E-state index in [1.54, 1.807) is 26.8 Å². The molecule has 2 rings (SSSR count). The number of nitrogens with zero attached hydrogens (tertiary/aromatic N) is 2. The number of carbonyl (C=O) groups excluding carboxylic acids is 1. The Morgan fingerprint density at radius 1 is 1.40 bits per heavy atom. The Bertz CT molecular complexity index is 663. The molecular formula is C17H23BrN2O5. The molecule has 0 aliphatic carbocycles. The summed E-state index contributed by atoms with van der Waals surface area (Å²) in [5.74, 6) is -0.403. The van der Waals surface area contributed by atoms with Gasteiger partial charge in [-0.25, -0.2) is 0 Å². The predicted molar refractivity (Wildman–Crippen MR) is 97.7 cm³/mol. The van der Waals surface area contributed by atoms with Crippen molar-refractivity contribution in [3.8, 4) is 0 Å². The highest BCUT2D eigenvalue weighted by Gasteiger charge is 2.36. The molecule has 0 aromatic heterocycles. The van der Waals surface area contributed by atoms with Gasteiger partial charge in [-0.05, 0) is 55.6 Å². The van der Waals surface area contributed by atoms with Crippen LogP contribution in [0.2, 0.25) is 0 Å². The van der Waals surface area contributed by atoms with E-state index in [0.717, 1.165) is 5.69 Å². The lowest BCUT2D eigenvalue weighted by molar-refractivity contribution is -0.384. The van der Waals surface area contributed by atoms with Crippen LogP contribution in [0.1, 0.15) is 40.0 Å². The maximum atomic E-state index is 12.0. The van der Waals surface area contributed by atoms with Gasteiger partial charge in [-0.1, -0.05) is 0 Å². The number of esters is 1. The number of carbonyl (C=O) groups is 1. The van der Waals surface area contributed by atoms with Gasteiger partial charge in [0.25, 0.3) is 5.69 Å². The van der Waals surface area contributed by atoms with E-state index in [2.05, 4.69) is 15.9 Å². The second-order valence-corrected chi connectivity index (χ2v) is 8.22. The van der Waals surface area contributed by atoms with Crippen LogP contribution in [0.4, 0.5) is 11.4 Å². The number of nitro benzene ring substituents is 1. The standard InChI is InChI=1S/C17H23BrN2O5/c1-16(2,3)25-15(21)11-17(22)6-8-19(9-7-17)14-5-4-12(20(23)24)10-13(14)18/h4-5,10,22H,6-9,11H2,1-3H3. The van der Waals surface area contributed by atoms with Crippen molar-refractivity contribution < 1.29 is 19.6 Å². The number of hydrogen-bond donors (Lipinski definition) is 1. The van der Waals surface area contributed by atoms with Crippen molar-refractivity contribution in [2.75, 3.05) is 18.0 Å². The molecule has 1 aromatic rings. The van der Waals surface area contributed by atoms with Crippen LogP contribution in [0.15, 0.2) is 22.7 Å². The number of halogens is 1. The molecule has 0 bridgehead atoms. The summed E-state index contributed by atoms with van der Waals surface area (Å²) in [6, 6.07) is 4.62. The summed E-state index contributed by atoms with van der Waals surface area (Å²) < 4.78 is 5.93. The Balaban J connectivity index is 1.99. The van der Waals surface area contributed by atoms with E-state index >= 15 is 0 Å². The van der Waals surface area contributed by atoms with Crippen molar-refractivity contribution >= 4 is 33.3 Å². The number of anilines is 1. The summed E-state index contributed by atoms with van der Waals surface area (Å²) in [6.45, 7) is 6.49. The predicted octanol–water partition coefficient (Wildman–Crippen LogP) is 3.42. The largest absolute Gasteiger partial charge is 0.460 e. The molecule has 1 N–H and O–H groups in total. The van der Waals surface area contributed by atoms with Crippen LogP contribution in [-0.2, 0) is 9.53 Å². The fourth-order valence-corrected chi connectivity index (χ4v) is 3.47. The molecule has 7 nitrogen and oxygen atoms in total. The Morgan fingerprint density at radius 3 is 2.48 bits per heavy atom. The highest BCUT2D eigenvalue weighted by Crippen LogP contribution is 2.35. The van der Waals surface area contributed by atoms with Crippen molar-refractivity contribution in [2.45, 2.75) is 51.2 Å². The fraction of sp³-hybridized carbons (Fsp3) is 0.588. The molecule has 1 aliphatic heterocycles. The molecule has 0 radical (unpaired) electrons. The first-order valence-electron chi connectivity index (χ1n) is 8.12. The summed E-state index contributed by atoms with van der Waals surface area (Å²) in [6.07, 6.45) is 0.824. The molecular weight excluding hydrogens is 392 g/mol. The molecule has 138 valence electrons. The molecule has 1 saturated heterocycles. The minimum absolute atomic E-state index is 0.0223. The molecule has 8 heteroatoms. The van der Waals surface area contributed by atoms with Gasteiger partial charge in [0.1, 0.15) is 5.60 Å². The number of nitro groups is 1. The van der Waals surface area contributed by atoms with Gasteiger partial charge in [0.2, 0.25) is 0 Å². The molecule has 0 spiro atoms. The average molecular weight is 415 g/mol. The first kappa shape index (κ1) is 19.7. The Hall–Kier alpha value is -1.67. The second-order valence-electron chi connectivity index (χ2n) is 7.37. The van der Waals surface area contributed by atoms with Gasteiger partial charge in [-0.2, -0.15) is 0 Å². The number of aliphatic hydroxyl groups is 1. The van der Waals surface area contributed by atoms with Gasteiger partial charge in [0.15, 0.2) is 0 Å². The quantitative estimate of drug-likeness (QED) is 0.460. The van der Waals surface area contributed by atoms with Crippen LogP contribution in [0.5, 0.6) is 0 Å². The maximum absolute atomic E-state index is 12.0. The maximum Gasteiger partial charge on any atom is 0.309 e. The Morgan fingerprint density at radius 2 is 2.00 bits per heavy atom. The highest BCUT2D eigenvalue weighted by molar-refractivity contribution is 9.10. The number of non-ortho nitro benzene ring substituents is 1. The van der Waals surface area contributed by atoms with Crippen LogP contribution >= 0.6 is 15.9 Å². The molecule has 1 heterocycles. The molecule has 1 aliphatic rings. The van der Waals surface area contributed by atoms with E-state index in [0.29, 0.717) is 30.4 Å². The van der Waals surface area contributed by atoms with E-state index in [9.17, 15) is 20.0 Å². The molecule has 25 heavy (non-hydrogen) atoms. The normalized spacial score (nSPS) is 17.2. The van der Waals surface area contributed by atoms with Gasteiger partial charge in [-0.3, -0.25) is 14.9 Å². The average Bonchev–Trinajstić information content (AvgIpc) is 2.45. The van der Waals surface area contributed by atoms with E-state index in [4.69, 9.17) is 4.74 Å². The van der Waals surface area contributed by atoms with Crippen LogP contribution in [0, 0.1) is 10.1 Å². The number of hydrogen-bond acceptors (Lipinski definition) is 6. The number of ether oxygens (including phenoxy) is 1. The second kappa shape index (κ2) is 7.29. The van der Waals surface area contributed by atoms with Crippen molar-refractivity contribution in [3.05, 3.63) is 32.8 Å². The summed E-state index contributed by atoms with van der Waals surface area (Å²) in [5.41, 5.74) is -0.789. The molecule has 0 unspecified atom stereocenters. The van der Waals surface area contributed by atoms with E-state index in [1.807, 2.05) is 4.90 Å². The van der Waals surface area contributed by atoms with E-state index < -0.39 is 22.1 Å². The highest BCUT2D eigenvalue weighted by atomic mass is 79.9. The zero-order chi connectivity index (χ0) is 18.8. The van der Waals surface area contributed by atoms with Gasteiger partial charge in [0.05, 0.1) is 22.6 Å². The Kier molecular flexibility index (Phi) is 5.73. The van der Waals surface area contributed by atoms with Crippen molar-refractivity contribution in [3.63, 3.8) is 0 Å². The van der Waals surface area contributed by atoms with Crippen molar-refractivity contribution in [1.29, 1.82) is 0 Å². The molecule has 0 saturated carbocycles. The van der Waals surface area contributed by atoms with Crippen molar-refractivity contribution in [1.82, 2.24) is 0 Å². The third-order valence-corrected chi connectivity index (χ3v) is 4.71. The zero-order valence-corrected chi connectivity index (χ0v) is 16.2. The molecule has 1 aromatic carbocycles. The van der Waals surface area contributed by atoms with Crippen LogP contribution < -0.4 is 4.90 Å². The molecule has 0 atom stereocenters. The first-order valence-corrected chi connectivity index (χ1v) is 8.92. The lowest BCUT2D eigenvalue weighted by Crippen LogP contribution is -2.46. The summed E-state index contributed by atoms with van der Waals surface area (Å²) in [7, 11) is 0. The summed E-state index contributed by atoms with van der Waals surface area (Å²) in [5, 5.41) is 21.5. The zero-order valence-electron chi connectivity index (χ0n) is 14.6. The Labute approximate surface area is 155 Å². The van der Waals surface area contributed by atoms with Crippen LogP contribution in [0.3, 0.4) is 0 Å². The third-order valence-electron chi connectivity index (χ3n) is 4.07. The lowest BCUT2D eigenvalue weighted by Gasteiger charge is -2.39. The van der Waals surface area contributed by atoms with E-state index in [-0.39, 0.29) is 12.1 Å². The molecule has 0 amide bonds.